The highest BCUT2D eigenvalue weighted by atomic mass is 16.6. The lowest BCUT2D eigenvalue weighted by Crippen LogP contribution is -2.19. The second-order valence-corrected chi connectivity index (χ2v) is 5.17. The van der Waals surface area contributed by atoms with Crippen molar-refractivity contribution in [3.63, 3.8) is 0 Å². The normalized spacial score (nSPS) is 17.0. The van der Waals surface area contributed by atoms with Crippen molar-refractivity contribution in [3.05, 3.63) is 23.8 Å². The van der Waals surface area contributed by atoms with Gasteiger partial charge in [-0.3, -0.25) is 0 Å². The van der Waals surface area contributed by atoms with Gasteiger partial charge in [-0.25, -0.2) is 0 Å². The molecule has 1 aromatic carbocycles. The summed E-state index contributed by atoms with van der Waals surface area (Å²) in [6.07, 6.45) is -0.497. The minimum absolute atomic E-state index is 0.177. The fraction of sp³-hybridized carbons (Fsp3) is 0.538. The van der Waals surface area contributed by atoms with Gasteiger partial charge in [0.2, 0.25) is 0 Å². The highest BCUT2D eigenvalue weighted by Gasteiger charge is 2.25. The van der Waals surface area contributed by atoms with E-state index in [9.17, 15) is 5.11 Å². The van der Waals surface area contributed by atoms with E-state index in [0.29, 0.717) is 13.2 Å². The van der Waals surface area contributed by atoms with Gasteiger partial charge >= 0.3 is 0 Å². The molecule has 1 aromatic rings. The molecule has 1 aliphatic rings. The van der Waals surface area contributed by atoms with Gasteiger partial charge in [0.25, 0.3) is 0 Å². The van der Waals surface area contributed by atoms with E-state index in [1.54, 1.807) is 0 Å². The van der Waals surface area contributed by atoms with Gasteiger partial charge in [0.05, 0.1) is 6.10 Å². The van der Waals surface area contributed by atoms with Crippen molar-refractivity contribution in [2.45, 2.75) is 26.9 Å². The van der Waals surface area contributed by atoms with Crippen LogP contribution >= 0.6 is 0 Å². The Bertz CT molecular complexity index is 379. The van der Waals surface area contributed by atoms with Crippen LogP contribution in [0.5, 0.6) is 11.5 Å². The van der Waals surface area contributed by atoms with Crippen LogP contribution in [0.15, 0.2) is 18.2 Å². The quantitative estimate of drug-likeness (QED) is 0.793. The Hall–Kier alpha value is -1.22. The number of hydrogen-bond acceptors (Lipinski definition) is 3. The predicted molar refractivity (Wildman–Crippen MR) is 61.8 cm³/mol. The van der Waals surface area contributed by atoms with Crippen LogP contribution in [-0.4, -0.2) is 18.3 Å². The zero-order valence-corrected chi connectivity index (χ0v) is 9.99. The van der Waals surface area contributed by atoms with E-state index in [0.717, 1.165) is 17.1 Å². The van der Waals surface area contributed by atoms with Gasteiger partial charge in [0, 0.05) is 0 Å². The van der Waals surface area contributed by atoms with Crippen molar-refractivity contribution in [3.8, 4) is 11.5 Å². The van der Waals surface area contributed by atoms with Crippen LogP contribution in [0.25, 0.3) is 0 Å². The van der Waals surface area contributed by atoms with E-state index in [2.05, 4.69) is 0 Å². The van der Waals surface area contributed by atoms with Crippen LogP contribution in [0.4, 0.5) is 0 Å². The summed E-state index contributed by atoms with van der Waals surface area (Å²) in [5.41, 5.74) is 0.695. The molecule has 1 unspecified atom stereocenters. The van der Waals surface area contributed by atoms with Crippen LogP contribution in [0.2, 0.25) is 0 Å². The van der Waals surface area contributed by atoms with E-state index >= 15 is 0 Å². The molecular weight excluding hydrogens is 204 g/mol. The highest BCUT2D eigenvalue weighted by Crippen LogP contribution is 2.37. The fourth-order valence-corrected chi connectivity index (χ4v) is 1.73. The lowest BCUT2D eigenvalue weighted by Gasteiger charge is -2.27. The number of hydrogen-bond donors (Lipinski definition) is 1. The first kappa shape index (κ1) is 11.3. The molecule has 0 spiro atoms. The fourth-order valence-electron chi connectivity index (χ4n) is 1.73. The van der Waals surface area contributed by atoms with Crippen LogP contribution in [-0.2, 0) is 0 Å². The van der Waals surface area contributed by atoms with Gasteiger partial charge in [-0.1, -0.05) is 26.8 Å². The second kappa shape index (κ2) is 3.98. The molecule has 2 rings (SSSR count). The summed E-state index contributed by atoms with van der Waals surface area (Å²) in [6, 6.07) is 5.62. The lowest BCUT2D eigenvalue weighted by atomic mass is 9.85. The summed E-state index contributed by atoms with van der Waals surface area (Å²) in [5.74, 6) is 1.49. The van der Waals surface area contributed by atoms with Gasteiger partial charge < -0.3 is 14.6 Å². The lowest BCUT2D eigenvalue weighted by molar-refractivity contribution is 0.0620. The molecule has 0 bridgehead atoms. The van der Waals surface area contributed by atoms with Gasteiger partial charge in [0.15, 0.2) is 11.5 Å². The molecular formula is C13H18O3. The molecule has 0 saturated heterocycles. The maximum atomic E-state index is 10.2. The first-order valence-corrected chi connectivity index (χ1v) is 5.56. The zero-order valence-electron chi connectivity index (χ0n) is 9.99. The molecule has 0 aliphatic carbocycles. The van der Waals surface area contributed by atoms with Gasteiger partial charge in [-0.2, -0.15) is 0 Å². The van der Waals surface area contributed by atoms with Crippen LogP contribution in [0.3, 0.4) is 0 Å². The molecule has 16 heavy (non-hydrogen) atoms. The first-order valence-electron chi connectivity index (χ1n) is 5.56. The topological polar surface area (TPSA) is 38.7 Å². The molecule has 0 aromatic heterocycles. The summed E-state index contributed by atoms with van der Waals surface area (Å²) in [7, 11) is 0. The Morgan fingerprint density at radius 3 is 2.38 bits per heavy atom. The predicted octanol–water partition coefficient (Wildman–Crippen LogP) is 2.54. The first-order chi connectivity index (χ1) is 7.48. The van der Waals surface area contributed by atoms with Crippen molar-refractivity contribution in [1.29, 1.82) is 0 Å². The standard InChI is InChI=1S/C13H18O3/c1-13(2,3)12(14)9-4-5-10-11(8-9)16-7-6-15-10/h4-5,8,12,14H,6-7H2,1-3H3. The van der Waals surface area contributed by atoms with E-state index < -0.39 is 6.10 Å². The van der Waals surface area contributed by atoms with E-state index in [1.807, 2.05) is 39.0 Å². The largest absolute Gasteiger partial charge is 0.486 e. The van der Waals surface area contributed by atoms with Crippen molar-refractivity contribution < 1.29 is 14.6 Å². The summed E-state index contributed by atoms with van der Waals surface area (Å²) < 4.78 is 10.9. The average molecular weight is 222 g/mol. The summed E-state index contributed by atoms with van der Waals surface area (Å²) in [5, 5.41) is 10.2. The average Bonchev–Trinajstić information content (AvgIpc) is 2.26. The van der Waals surface area contributed by atoms with Crippen LogP contribution in [0.1, 0.15) is 32.4 Å². The Kier molecular flexibility index (Phi) is 2.80. The summed E-state index contributed by atoms with van der Waals surface area (Å²) in [4.78, 5) is 0. The van der Waals surface area contributed by atoms with Crippen molar-refractivity contribution in [1.82, 2.24) is 0 Å². The third kappa shape index (κ3) is 2.14. The van der Waals surface area contributed by atoms with Gasteiger partial charge in [-0.15, -0.1) is 0 Å². The van der Waals surface area contributed by atoms with E-state index in [4.69, 9.17) is 9.47 Å². The molecule has 1 atom stereocenters. The minimum Gasteiger partial charge on any atom is -0.486 e. The molecule has 0 radical (unpaired) electrons. The number of rotatable bonds is 1. The molecule has 0 amide bonds. The maximum absolute atomic E-state index is 10.2. The molecule has 3 nitrogen and oxygen atoms in total. The molecule has 0 saturated carbocycles. The minimum atomic E-state index is -0.497. The summed E-state index contributed by atoms with van der Waals surface area (Å²) >= 11 is 0. The Balaban J connectivity index is 2.30. The Labute approximate surface area is 96.0 Å². The maximum Gasteiger partial charge on any atom is 0.161 e. The third-order valence-corrected chi connectivity index (χ3v) is 2.70. The smallest absolute Gasteiger partial charge is 0.161 e. The van der Waals surface area contributed by atoms with E-state index in [1.165, 1.54) is 0 Å². The van der Waals surface area contributed by atoms with Gasteiger partial charge in [0.1, 0.15) is 13.2 Å². The third-order valence-electron chi connectivity index (χ3n) is 2.70. The van der Waals surface area contributed by atoms with Crippen molar-refractivity contribution in [2.24, 2.45) is 5.41 Å². The second-order valence-electron chi connectivity index (χ2n) is 5.17. The molecule has 1 heterocycles. The number of aliphatic hydroxyl groups excluding tert-OH is 1. The Morgan fingerprint density at radius 1 is 1.12 bits per heavy atom. The van der Waals surface area contributed by atoms with Crippen LogP contribution in [0, 0.1) is 5.41 Å². The van der Waals surface area contributed by atoms with Crippen molar-refractivity contribution >= 4 is 0 Å². The molecule has 0 fully saturated rings. The summed E-state index contributed by atoms with van der Waals surface area (Å²) in [6.45, 7) is 7.19. The van der Waals surface area contributed by atoms with E-state index in [-0.39, 0.29) is 5.41 Å². The molecule has 3 heteroatoms. The van der Waals surface area contributed by atoms with Gasteiger partial charge in [-0.05, 0) is 23.1 Å². The molecule has 88 valence electrons. The zero-order chi connectivity index (χ0) is 11.8. The SMILES string of the molecule is CC(C)(C)C(O)c1ccc2c(c1)OCCO2. The number of fused-ring (bicyclic) bond motifs is 1. The number of benzene rings is 1. The van der Waals surface area contributed by atoms with Crippen LogP contribution < -0.4 is 9.47 Å². The highest BCUT2D eigenvalue weighted by molar-refractivity contribution is 5.44. The number of ether oxygens (including phenoxy) is 2. The monoisotopic (exact) mass is 222 g/mol. The van der Waals surface area contributed by atoms with Crippen molar-refractivity contribution in [2.75, 3.05) is 13.2 Å². The molecule has 1 N–H and O–H groups in total. The number of aliphatic hydroxyl groups is 1. The Morgan fingerprint density at radius 2 is 1.75 bits per heavy atom. The molecule has 1 aliphatic heterocycles.